The highest BCUT2D eigenvalue weighted by Gasteiger charge is 2.32. The molecule has 0 atom stereocenters. The molecule has 1 saturated heterocycles. The molecule has 0 bridgehead atoms. The van der Waals surface area contributed by atoms with E-state index in [1.807, 2.05) is 0 Å². The molecule has 10 nitrogen and oxygen atoms in total. The Morgan fingerprint density at radius 3 is 2.00 bits per heavy atom. The third kappa shape index (κ3) is 3.91. The van der Waals surface area contributed by atoms with Crippen LogP contribution in [-0.4, -0.2) is 44.1 Å². The van der Waals surface area contributed by atoms with Crippen molar-refractivity contribution in [3.05, 3.63) is 12.1 Å². The summed E-state index contributed by atoms with van der Waals surface area (Å²) in [6.45, 7) is 0. The first-order valence-corrected chi connectivity index (χ1v) is 6.80. The summed E-state index contributed by atoms with van der Waals surface area (Å²) in [5, 5.41) is 28.4. The number of aromatic hydroxyl groups is 3. The molecule has 0 saturated carbocycles. The van der Waals surface area contributed by atoms with E-state index in [1.54, 1.807) is 0 Å². The fourth-order valence-electron chi connectivity index (χ4n) is 1.86. The summed E-state index contributed by atoms with van der Waals surface area (Å²) in [5.41, 5.74) is 0. The van der Waals surface area contributed by atoms with E-state index in [4.69, 9.17) is 5.11 Å². The van der Waals surface area contributed by atoms with E-state index in [0.29, 0.717) is 5.06 Å². The van der Waals surface area contributed by atoms with E-state index in [9.17, 15) is 29.4 Å². The Bertz CT molecular complexity index is 673. The molecule has 1 aliphatic rings. The van der Waals surface area contributed by atoms with Crippen LogP contribution in [0.5, 0.6) is 23.0 Å². The van der Waals surface area contributed by atoms with Crippen molar-refractivity contribution in [1.29, 1.82) is 0 Å². The minimum atomic E-state index is -0.991. The molecule has 1 heterocycles. The Kier molecular flexibility index (Phi) is 4.87. The van der Waals surface area contributed by atoms with E-state index in [2.05, 4.69) is 9.57 Å². The topological polar surface area (TPSA) is 151 Å². The zero-order valence-corrected chi connectivity index (χ0v) is 12.2. The Balaban J connectivity index is 1.86. The Morgan fingerprint density at radius 2 is 1.46 bits per heavy atom. The first-order valence-electron chi connectivity index (χ1n) is 6.80. The second-order valence-electron chi connectivity index (χ2n) is 4.83. The first-order chi connectivity index (χ1) is 11.3. The number of hydrogen-bond donors (Lipinski definition) is 3. The largest absolute Gasteiger partial charge is 0.508 e. The SMILES string of the molecule is O=C(CCC(=O)ON1C(=O)CCC1=O)Oc1c(O)cc(O)cc1O. The molecule has 128 valence electrons. The maximum atomic E-state index is 11.6. The summed E-state index contributed by atoms with van der Waals surface area (Å²) < 4.78 is 4.69. The van der Waals surface area contributed by atoms with Crippen LogP contribution in [0.25, 0.3) is 0 Å². The second-order valence-corrected chi connectivity index (χ2v) is 4.83. The summed E-state index contributed by atoms with van der Waals surface area (Å²) in [6.07, 6.45) is -1.08. The number of imide groups is 1. The third-order valence-electron chi connectivity index (χ3n) is 2.98. The number of carbonyl (C=O) groups is 4. The molecule has 2 rings (SSSR count). The lowest BCUT2D eigenvalue weighted by Gasteiger charge is -2.12. The van der Waals surface area contributed by atoms with Gasteiger partial charge in [-0.3, -0.25) is 14.4 Å². The lowest BCUT2D eigenvalue weighted by Crippen LogP contribution is -2.32. The summed E-state index contributed by atoms with van der Waals surface area (Å²) in [6, 6.07) is 1.70. The molecule has 1 aliphatic heterocycles. The molecule has 1 aromatic rings. The number of amides is 2. The zero-order valence-electron chi connectivity index (χ0n) is 12.2. The maximum Gasteiger partial charge on any atom is 0.333 e. The summed E-state index contributed by atoms with van der Waals surface area (Å²) >= 11 is 0. The van der Waals surface area contributed by atoms with Crippen LogP contribution in [0.2, 0.25) is 0 Å². The average molecular weight is 339 g/mol. The number of hydroxylamine groups is 2. The molecule has 0 spiro atoms. The molecule has 0 radical (unpaired) electrons. The van der Waals surface area contributed by atoms with Crippen molar-refractivity contribution in [2.24, 2.45) is 0 Å². The molecule has 1 fully saturated rings. The van der Waals surface area contributed by atoms with Gasteiger partial charge in [0.2, 0.25) is 5.75 Å². The Labute approximate surface area is 134 Å². The van der Waals surface area contributed by atoms with Gasteiger partial charge in [-0.05, 0) is 0 Å². The van der Waals surface area contributed by atoms with E-state index >= 15 is 0 Å². The van der Waals surface area contributed by atoms with Gasteiger partial charge < -0.3 is 24.9 Å². The highest BCUT2D eigenvalue weighted by Crippen LogP contribution is 2.39. The number of carbonyl (C=O) groups excluding carboxylic acids is 4. The van der Waals surface area contributed by atoms with Crippen molar-refractivity contribution < 1.29 is 44.1 Å². The Hall–Kier alpha value is -3.30. The van der Waals surface area contributed by atoms with Crippen LogP contribution in [0, 0.1) is 0 Å². The summed E-state index contributed by atoms with van der Waals surface area (Å²) in [4.78, 5) is 50.2. The van der Waals surface area contributed by atoms with Gasteiger partial charge in [-0.2, -0.15) is 0 Å². The quantitative estimate of drug-likeness (QED) is 0.385. The predicted octanol–water partition coefficient (Wildman–Crippen LogP) is 0.0962. The number of nitrogens with zero attached hydrogens (tertiary/aromatic N) is 1. The van der Waals surface area contributed by atoms with Gasteiger partial charge in [-0.1, -0.05) is 0 Å². The molecule has 0 unspecified atom stereocenters. The third-order valence-corrected chi connectivity index (χ3v) is 2.98. The summed E-state index contributed by atoms with van der Waals surface area (Å²) in [5.74, 6) is -5.61. The van der Waals surface area contributed by atoms with Gasteiger partial charge in [0, 0.05) is 25.0 Å². The normalized spacial score (nSPS) is 13.9. The molecule has 2 amide bonds. The van der Waals surface area contributed by atoms with Gasteiger partial charge in [-0.15, -0.1) is 5.06 Å². The number of ether oxygens (including phenoxy) is 1. The number of esters is 1. The highest BCUT2D eigenvalue weighted by molar-refractivity contribution is 6.01. The number of phenolic OH excluding ortho intramolecular Hbond substituents is 3. The fourth-order valence-corrected chi connectivity index (χ4v) is 1.86. The summed E-state index contributed by atoms with van der Waals surface area (Å²) in [7, 11) is 0. The predicted molar refractivity (Wildman–Crippen MR) is 73.5 cm³/mol. The fraction of sp³-hybridized carbons (Fsp3) is 0.286. The van der Waals surface area contributed by atoms with E-state index in [0.717, 1.165) is 12.1 Å². The van der Waals surface area contributed by atoms with Gasteiger partial charge in [-0.25, -0.2) is 4.79 Å². The molecular weight excluding hydrogens is 326 g/mol. The molecule has 24 heavy (non-hydrogen) atoms. The van der Waals surface area contributed by atoms with Gasteiger partial charge in [0.25, 0.3) is 11.8 Å². The molecule has 1 aromatic carbocycles. The van der Waals surface area contributed by atoms with Crippen molar-refractivity contribution in [3.63, 3.8) is 0 Å². The van der Waals surface area contributed by atoms with Crippen LogP contribution in [0.1, 0.15) is 25.7 Å². The van der Waals surface area contributed by atoms with Crippen LogP contribution in [0.4, 0.5) is 0 Å². The first kappa shape index (κ1) is 17.1. The molecule has 0 aromatic heterocycles. The number of rotatable bonds is 5. The standard InChI is InChI=1S/C14H13NO9/c16-7-5-8(17)14(9(18)6-7)23-12(21)3-4-13(22)24-15-10(19)1-2-11(15)20/h5-6,16-18H,1-4H2. The molecular formula is C14H13NO9. The van der Waals surface area contributed by atoms with Crippen LogP contribution in [0.15, 0.2) is 12.1 Å². The highest BCUT2D eigenvalue weighted by atomic mass is 16.7. The van der Waals surface area contributed by atoms with Crippen molar-refractivity contribution in [2.75, 3.05) is 0 Å². The van der Waals surface area contributed by atoms with Crippen LogP contribution < -0.4 is 4.74 Å². The van der Waals surface area contributed by atoms with E-state index < -0.39 is 59.6 Å². The zero-order chi connectivity index (χ0) is 17.9. The van der Waals surface area contributed by atoms with Gasteiger partial charge in [0.15, 0.2) is 11.5 Å². The lowest BCUT2D eigenvalue weighted by atomic mass is 10.2. The van der Waals surface area contributed by atoms with E-state index in [-0.39, 0.29) is 12.8 Å². The van der Waals surface area contributed by atoms with Crippen molar-refractivity contribution in [1.82, 2.24) is 5.06 Å². The van der Waals surface area contributed by atoms with Crippen molar-refractivity contribution in [2.45, 2.75) is 25.7 Å². The van der Waals surface area contributed by atoms with Crippen LogP contribution in [0.3, 0.4) is 0 Å². The van der Waals surface area contributed by atoms with Crippen LogP contribution in [-0.2, 0) is 24.0 Å². The van der Waals surface area contributed by atoms with E-state index in [1.165, 1.54) is 0 Å². The molecule has 10 heteroatoms. The second kappa shape index (κ2) is 6.86. The number of phenols is 3. The maximum absolute atomic E-state index is 11.6. The molecule has 3 N–H and O–H groups in total. The van der Waals surface area contributed by atoms with Gasteiger partial charge in [0.1, 0.15) is 5.75 Å². The monoisotopic (exact) mass is 339 g/mol. The van der Waals surface area contributed by atoms with Crippen molar-refractivity contribution >= 4 is 23.8 Å². The minimum Gasteiger partial charge on any atom is -0.508 e. The smallest absolute Gasteiger partial charge is 0.333 e. The Morgan fingerprint density at radius 1 is 0.958 bits per heavy atom. The average Bonchev–Trinajstić information content (AvgIpc) is 2.80. The molecule has 0 aliphatic carbocycles. The van der Waals surface area contributed by atoms with Gasteiger partial charge >= 0.3 is 11.9 Å². The van der Waals surface area contributed by atoms with Gasteiger partial charge in [0.05, 0.1) is 12.8 Å². The number of hydrogen-bond acceptors (Lipinski definition) is 9. The minimum absolute atomic E-state index is 0.0481. The number of benzene rings is 1. The van der Waals surface area contributed by atoms with Crippen LogP contribution >= 0.6 is 0 Å². The lowest BCUT2D eigenvalue weighted by molar-refractivity contribution is -0.197. The van der Waals surface area contributed by atoms with Crippen molar-refractivity contribution in [3.8, 4) is 23.0 Å².